The summed E-state index contributed by atoms with van der Waals surface area (Å²) in [6.45, 7) is 4.58. The molecular weight excluding hydrogens is 258 g/mol. The third-order valence-electron chi connectivity index (χ3n) is 3.26. The molecule has 3 heteroatoms. The molecule has 0 amide bonds. The van der Waals surface area contributed by atoms with Crippen LogP contribution in [0.3, 0.4) is 0 Å². The number of hydrogen-bond donors (Lipinski definition) is 1. The smallest absolute Gasteiger partial charge is 0.0704 e. The Bertz CT molecular complexity index is 341. The van der Waals surface area contributed by atoms with Crippen LogP contribution in [0.1, 0.15) is 36.2 Å². The summed E-state index contributed by atoms with van der Waals surface area (Å²) in [6.07, 6.45) is 2.71. The second-order valence-electron chi connectivity index (χ2n) is 4.44. The predicted octanol–water partition coefficient (Wildman–Crippen LogP) is 3.88. The fourth-order valence-electron chi connectivity index (χ4n) is 2.11. The van der Waals surface area contributed by atoms with Crippen LogP contribution in [0.4, 0.5) is 0 Å². The average molecular weight is 274 g/mol. The molecule has 1 heterocycles. The Morgan fingerprint density at radius 2 is 2.21 bits per heavy atom. The van der Waals surface area contributed by atoms with E-state index < -0.39 is 0 Å². The number of halogens is 1. The zero-order valence-corrected chi connectivity index (χ0v) is 11.3. The molecule has 0 spiro atoms. The maximum Gasteiger partial charge on any atom is 0.0704 e. The van der Waals surface area contributed by atoms with Gasteiger partial charge in [-0.1, -0.05) is 6.92 Å². The van der Waals surface area contributed by atoms with Gasteiger partial charge in [0.2, 0.25) is 0 Å². The minimum absolute atomic E-state index is 0.500. The Labute approximate surface area is 98.0 Å². The van der Waals surface area contributed by atoms with Crippen molar-refractivity contribution in [3.8, 4) is 0 Å². The van der Waals surface area contributed by atoms with E-state index in [9.17, 15) is 0 Å². The molecule has 1 saturated carbocycles. The molecule has 1 atom stereocenters. The normalized spacial score (nSPS) is 20.9. The molecule has 1 nitrogen and oxygen atoms in total. The lowest BCUT2D eigenvalue weighted by Crippen LogP contribution is -2.24. The first-order valence-electron chi connectivity index (χ1n) is 5.00. The van der Waals surface area contributed by atoms with E-state index in [1.54, 1.807) is 0 Å². The molecule has 0 radical (unpaired) electrons. The molecule has 1 aliphatic carbocycles. The lowest BCUT2D eigenvalue weighted by molar-refractivity contribution is 0.390. The predicted molar refractivity (Wildman–Crippen MR) is 65.9 cm³/mol. The number of rotatable bonds is 3. The van der Waals surface area contributed by atoms with Gasteiger partial charge >= 0.3 is 0 Å². The molecule has 14 heavy (non-hydrogen) atoms. The summed E-state index contributed by atoms with van der Waals surface area (Å²) in [5.74, 6) is 0. The highest BCUT2D eigenvalue weighted by Gasteiger charge is 2.45. The maximum atomic E-state index is 3.56. The number of thiophene rings is 1. The number of nitrogens with one attached hydrogen (secondary N) is 1. The van der Waals surface area contributed by atoms with Gasteiger partial charge in [-0.2, -0.15) is 0 Å². The Morgan fingerprint density at radius 3 is 2.57 bits per heavy atom. The monoisotopic (exact) mass is 273 g/mol. The molecule has 0 aromatic carbocycles. The van der Waals surface area contributed by atoms with E-state index in [4.69, 9.17) is 0 Å². The van der Waals surface area contributed by atoms with Crippen molar-refractivity contribution in [1.82, 2.24) is 5.32 Å². The molecule has 2 rings (SSSR count). The summed E-state index contributed by atoms with van der Waals surface area (Å²) in [5, 5.41) is 3.46. The fourth-order valence-corrected chi connectivity index (χ4v) is 3.86. The molecule has 0 saturated heterocycles. The lowest BCUT2D eigenvalue weighted by Gasteiger charge is -2.23. The first-order chi connectivity index (χ1) is 6.57. The van der Waals surface area contributed by atoms with Gasteiger partial charge in [-0.25, -0.2) is 0 Å². The standard InChI is InChI=1S/C11H16BrNS/c1-7-8(6-9(12)14-7)10(13-3)11(2)4-5-11/h6,10,13H,4-5H2,1-3H3. The van der Waals surface area contributed by atoms with Gasteiger partial charge in [-0.3, -0.25) is 0 Å². The van der Waals surface area contributed by atoms with Crippen LogP contribution >= 0.6 is 27.3 Å². The SMILES string of the molecule is CNC(c1cc(Br)sc1C)C1(C)CC1. The third-order valence-corrected chi connectivity index (χ3v) is 4.83. The van der Waals surface area contributed by atoms with E-state index in [2.05, 4.69) is 48.2 Å². The van der Waals surface area contributed by atoms with Crippen LogP contribution in [-0.2, 0) is 0 Å². The second-order valence-corrected chi connectivity index (χ2v) is 7.07. The summed E-state index contributed by atoms with van der Waals surface area (Å²) in [7, 11) is 2.07. The second kappa shape index (κ2) is 3.62. The van der Waals surface area contributed by atoms with Gasteiger partial charge < -0.3 is 5.32 Å². The van der Waals surface area contributed by atoms with Crippen LogP contribution in [0.5, 0.6) is 0 Å². The van der Waals surface area contributed by atoms with Gasteiger partial charge in [0.25, 0.3) is 0 Å². The molecule has 1 unspecified atom stereocenters. The molecule has 1 fully saturated rings. The van der Waals surface area contributed by atoms with E-state index in [0.717, 1.165) is 0 Å². The van der Waals surface area contributed by atoms with E-state index in [1.807, 2.05) is 11.3 Å². The Hall–Kier alpha value is 0.140. The number of hydrogen-bond acceptors (Lipinski definition) is 2. The Balaban J connectivity index is 2.31. The number of aryl methyl sites for hydroxylation is 1. The topological polar surface area (TPSA) is 12.0 Å². The van der Waals surface area contributed by atoms with Crippen molar-refractivity contribution < 1.29 is 0 Å². The minimum atomic E-state index is 0.500. The average Bonchev–Trinajstić information content (AvgIpc) is 2.75. The molecule has 1 aromatic rings. The first-order valence-corrected chi connectivity index (χ1v) is 6.61. The molecular formula is C11H16BrNS. The van der Waals surface area contributed by atoms with Crippen LogP contribution in [0.25, 0.3) is 0 Å². The molecule has 0 bridgehead atoms. The van der Waals surface area contributed by atoms with Crippen LogP contribution in [0.2, 0.25) is 0 Å². The summed E-state index contributed by atoms with van der Waals surface area (Å²) in [4.78, 5) is 1.43. The van der Waals surface area contributed by atoms with Crippen molar-refractivity contribution in [2.45, 2.75) is 32.7 Å². The molecule has 1 aliphatic rings. The van der Waals surface area contributed by atoms with Crippen LogP contribution in [-0.4, -0.2) is 7.05 Å². The van der Waals surface area contributed by atoms with Gasteiger partial charge in [-0.05, 0) is 59.8 Å². The van der Waals surface area contributed by atoms with E-state index in [0.29, 0.717) is 11.5 Å². The summed E-state index contributed by atoms with van der Waals surface area (Å²) < 4.78 is 1.24. The summed E-state index contributed by atoms with van der Waals surface area (Å²) in [5.41, 5.74) is 1.98. The Kier molecular flexibility index (Phi) is 2.75. The van der Waals surface area contributed by atoms with Gasteiger partial charge in [0.05, 0.1) is 3.79 Å². The van der Waals surface area contributed by atoms with Gasteiger partial charge in [-0.15, -0.1) is 11.3 Å². The van der Waals surface area contributed by atoms with E-state index in [-0.39, 0.29) is 0 Å². The highest BCUT2D eigenvalue weighted by atomic mass is 79.9. The maximum absolute atomic E-state index is 3.56. The zero-order chi connectivity index (χ0) is 10.3. The lowest BCUT2D eigenvalue weighted by atomic mass is 9.92. The first kappa shape index (κ1) is 10.7. The van der Waals surface area contributed by atoms with Crippen molar-refractivity contribution in [2.75, 3.05) is 7.05 Å². The molecule has 0 aliphatic heterocycles. The van der Waals surface area contributed by atoms with Gasteiger partial charge in [0, 0.05) is 10.9 Å². The molecule has 1 N–H and O–H groups in total. The van der Waals surface area contributed by atoms with E-state index in [1.165, 1.54) is 27.1 Å². The van der Waals surface area contributed by atoms with Crippen LogP contribution < -0.4 is 5.32 Å². The quantitative estimate of drug-likeness (QED) is 0.882. The summed E-state index contributed by atoms with van der Waals surface area (Å²) in [6, 6.07) is 2.80. The van der Waals surface area contributed by atoms with Crippen molar-refractivity contribution in [3.63, 3.8) is 0 Å². The van der Waals surface area contributed by atoms with Crippen molar-refractivity contribution in [3.05, 3.63) is 20.3 Å². The zero-order valence-electron chi connectivity index (χ0n) is 8.86. The molecule has 1 aromatic heterocycles. The van der Waals surface area contributed by atoms with Crippen molar-refractivity contribution in [2.24, 2.45) is 5.41 Å². The minimum Gasteiger partial charge on any atom is -0.313 e. The highest BCUT2D eigenvalue weighted by Crippen LogP contribution is 2.55. The van der Waals surface area contributed by atoms with Gasteiger partial charge in [0.15, 0.2) is 0 Å². The summed E-state index contributed by atoms with van der Waals surface area (Å²) >= 11 is 5.39. The third kappa shape index (κ3) is 1.77. The highest BCUT2D eigenvalue weighted by molar-refractivity contribution is 9.11. The Morgan fingerprint density at radius 1 is 1.57 bits per heavy atom. The van der Waals surface area contributed by atoms with Gasteiger partial charge in [0.1, 0.15) is 0 Å². The fraction of sp³-hybridized carbons (Fsp3) is 0.636. The van der Waals surface area contributed by atoms with Crippen LogP contribution in [0, 0.1) is 12.3 Å². The van der Waals surface area contributed by atoms with Crippen molar-refractivity contribution in [1.29, 1.82) is 0 Å². The van der Waals surface area contributed by atoms with E-state index >= 15 is 0 Å². The molecule has 78 valence electrons. The largest absolute Gasteiger partial charge is 0.313 e. The van der Waals surface area contributed by atoms with Crippen molar-refractivity contribution >= 4 is 27.3 Å². The van der Waals surface area contributed by atoms with Crippen LogP contribution in [0.15, 0.2) is 9.85 Å².